The molecule has 1 atom stereocenters. The fourth-order valence-corrected chi connectivity index (χ4v) is 3.02. The van der Waals surface area contributed by atoms with Gasteiger partial charge in [0.05, 0.1) is 12.2 Å². The van der Waals surface area contributed by atoms with E-state index in [1.807, 2.05) is 12.1 Å². The van der Waals surface area contributed by atoms with Crippen LogP contribution in [-0.2, 0) is 6.54 Å². The van der Waals surface area contributed by atoms with Gasteiger partial charge in [0.25, 0.3) is 5.89 Å². The van der Waals surface area contributed by atoms with Gasteiger partial charge in [-0.25, -0.2) is 9.37 Å². The smallest absolute Gasteiger partial charge is 0.267 e. The first kappa shape index (κ1) is 14.9. The Kier molecular flexibility index (Phi) is 4.00. The van der Waals surface area contributed by atoms with E-state index >= 15 is 0 Å². The highest BCUT2D eigenvalue weighted by molar-refractivity contribution is 5.43. The highest BCUT2D eigenvalue weighted by Gasteiger charge is 2.31. The van der Waals surface area contributed by atoms with Crippen molar-refractivity contribution in [3.05, 3.63) is 60.1 Å². The lowest BCUT2D eigenvalue weighted by Gasteiger charge is -2.21. The van der Waals surface area contributed by atoms with Crippen LogP contribution in [0, 0.1) is 5.82 Å². The third-order valence-corrected chi connectivity index (χ3v) is 4.20. The Labute approximate surface area is 138 Å². The molecule has 1 aliphatic rings. The largest absolute Gasteiger partial charge is 0.417 e. The fraction of sp³-hybridized carbons (Fsp3) is 0.294. The Bertz CT molecular complexity index is 823. The monoisotopic (exact) mass is 325 g/mol. The Balaban J connectivity index is 1.55. The minimum Gasteiger partial charge on any atom is -0.417 e. The first-order chi connectivity index (χ1) is 11.8. The minimum absolute atomic E-state index is 0.00234. The van der Waals surface area contributed by atoms with Gasteiger partial charge in [-0.2, -0.15) is 0 Å². The molecule has 6 nitrogen and oxygen atoms in total. The van der Waals surface area contributed by atoms with Crippen molar-refractivity contribution in [2.45, 2.75) is 25.4 Å². The lowest BCUT2D eigenvalue weighted by Crippen LogP contribution is -2.23. The lowest BCUT2D eigenvalue weighted by atomic mass is 10.1. The highest BCUT2D eigenvalue weighted by Crippen LogP contribution is 2.33. The van der Waals surface area contributed by atoms with Gasteiger partial charge in [-0.1, -0.05) is 18.2 Å². The van der Waals surface area contributed by atoms with E-state index in [9.17, 15) is 4.39 Å². The van der Waals surface area contributed by atoms with Crippen molar-refractivity contribution in [1.29, 1.82) is 0 Å². The lowest BCUT2D eigenvalue weighted by molar-refractivity contribution is 0.213. The molecule has 0 radical (unpaired) electrons. The molecule has 7 heteroatoms. The molecule has 0 aliphatic carbocycles. The fourth-order valence-electron chi connectivity index (χ4n) is 3.02. The molecule has 0 saturated carbocycles. The van der Waals surface area contributed by atoms with Crippen LogP contribution >= 0.6 is 0 Å². The second-order valence-electron chi connectivity index (χ2n) is 5.76. The van der Waals surface area contributed by atoms with E-state index in [1.165, 1.54) is 6.07 Å². The second kappa shape index (κ2) is 6.45. The topological polar surface area (TPSA) is 67.9 Å². The Morgan fingerprint density at radius 1 is 1.21 bits per heavy atom. The van der Waals surface area contributed by atoms with E-state index in [0.29, 0.717) is 29.6 Å². The molecule has 0 amide bonds. The van der Waals surface area contributed by atoms with Crippen LogP contribution in [0.3, 0.4) is 0 Å². The maximum atomic E-state index is 13.9. The zero-order valence-electron chi connectivity index (χ0n) is 13.0. The van der Waals surface area contributed by atoms with E-state index in [-0.39, 0.29) is 11.9 Å². The third-order valence-electron chi connectivity index (χ3n) is 4.20. The molecule has 1 unspecified atom stereocenters. The summed E-state index contributed by atoms with van der Waals surface area (Å²) in [6.45, 7) is 1.40. The number of likely N-dealkylation sites (tertiary alicyclic amines) is 1. The van der Waals surface area contributed by atoms with Gasteiger partial charge < -0.3 is 4.42 Å². The average Bonchev–Trinajstić information content (AvgIpc) is 3.27. The number of hydrogen-bond donors (Lipinski definition) is 0. The summed E-state index contributed by atoms with van der Waals surface area (Å²) in [6, 6.07) is 6.85. The zero-order chi connectivity index (χ0) is 16.4. The third kappa shape index (κ3) is 2.90. The summed E-state index contributed by atoms with van der Waals surface area (Å²) in [5, 5.41) is 8.24. The quantitative estimate of drug-likeness (QED) is 0.734. The van der Waals surface area contributed by atoms with Gasteiger partial charge >= 0.3 is 0 Å². The molecule has 0 N–H and O–H groups in total. The van der Waals surface area contributed by atoms with Crippen LogP contribution in [-0.4, -0.2) is 31.6 Å². The summed E-state index contributed by atoms with van der Waals surface area (Å²) < 4.78 is 19.7. The van der Waals surface area contributed by atoms with Crippen molar-refractivity contribution in [3.8, 4) is 11.6 Å². The van der Waals surface area contributed by atoms with Crippen LogP contribution in [0.25, 0.3) is 11.6 Å². The van der Waals surface area contributed by atoms with Gasteiger partial charge in [0.1, 0.15) is 11.5 Å². The minimum atomic E-state index is -0.186. The van der Waals surface area contributed by atoms with Crippen LogP contribution < -0.4 is 0 Å². The van der Waals surface area contributed by atoms with E-state index < -0.39 is 0 Å². The second-order valence-corrected chi connectivity index (χ2v) is 5.76. The van der Waals surface area contributed by atoms with Gasteiger partial charge in [-0.3, -0.25) is 9.88 Å². The highest BCUT2D eigenvalue weighted by atomic mass is 19.1. The number of aromatic nitrogens is 4. The van der Waals surface area contributed by atoms with Crippen LogP contribution in [0.4, 0.5) is 4.39 Å². The molecule has 2 aromatic heterocycles. The van der Waals surface area contributed by atoms with E-state index in [1.54, 1.807) is 24.7 Å². The Hall–Kier alpha value is -2.67. The van der Waals surface area contributed by atoms with Crippen molar-refractivity contribution in [2.75, 3.05) is 6.54 Å². The molecular weight excluding hydrogens is 309 g/mol. The first-order valence-electron chi connectivity index (χ1n) is 7.88. The number of rotatable bonds is 4. The number of benzene rings is 1. The van der Waals surface area contributed by atoms with Gasteiger partial charge in [-0.15, -0.1) is 10.2 Å². The molecule has 1 aromatic carbocycles. The molecule has 0 spiro atoms. The van der Waals surface area contributed by atoms with E-state index in [2.05, 4.69) is 25.1 Å². The summed E-state index contributed by atoms with van der Waals surface area (Å²) >= 11 is 0. The SMILES string of the molecule is Fc1ccccc1CN1CCCC1c1nnc(-c2cnccn2)o1. The van der Waals surface area contributed by atoms with Crippen molar-refractivity contribution >= 4 is 0 Å². The van der Waals surface area contributed by atoms with Crippen molar-refractivity contribution in [2.24, 2.45) is 0 Å². The summed E-state index contributed by atoms with van der Waals surface area (Å²) in [5.74, 6) is 0.717. The molecule has 1 aliphatic heterocycles. The predicted octanol–water partition coefficient (Wildman–Crippen LogP) is 3.00. The molecule has 122 valence electrons. The zero-order valence-corrected chi connectivity index (χ0v) is 13.0. The Morgan fingerprint density at radius 2 is 2.12 bits per heavy atom. The molecule has 3 aromatic rings. The molecular formula is C17H16FN5O. The number of halogens is 1. The van der Waals surface area contributed by atoms with Crippen molar-refractivity contribution < 1.29 is 8.81 Å². The van der Waals surface area contributed by atoms with Gasteiger partial charge in [0.2, 0.25) is 5.89 Å². The molecule has 1 fully saturated rings. The van der Waals surface area contributed by atoms with E-state index in [0.717, 1.165) is 19.4 Å². The molecule has 1 saturated heterocycles. The Morgan fingerprint density at radius 3 is 2.96 bits per heavy atom. The molecule has 3 heterocycles. The predicted molar refractivity (Wildman–Crippen MR) is 84.1 cm³/mol. The molecule has 4 rings (SSSR count). The number of nitrogens with zero attached hydrogens (tertiary/aromatic N) is 5. The summed E-state index contributed by atoms with van der Waals surface area (Å²) in [4.78, 5) is 10.3. The van der Waals surface area contributed by atoms with Gasteiger partial charge in [0, 0.05) is 24.5 Å². The van der Waals surface area contributed by atoms with Crippen LogP contribution in [0.15, 0.2) is 47.3 Å². The van der Waals surface area contributed by atoms with Crippen molar-refractivity contribution in [1.82, 2.24) is 25.1 Å². The van der Waals surface area contributed by atoms with Gasteiger partial charge in [-0.05, 0) is 25.5 Å². The summed E-state index contributed by atoms with van der Waals surface area (Å²) in [7, 11) is 0. The van der Waals surface area contributed by atoms with Crippen LogP contribution in [0.1, 0.15) is 30.3 Å². The maximum Gasteiger partial charge on any atom is 0.267 e. The van der Waals surface area contributed by atoms with E-state index in [4.69, 9.17) is 4.42 Å². The molecule has 0 bridgehead atoms. The van der Waals surface area contributed by atoms with Crippen LogP contribution in [0.2, 0.25) is 0 Å². The summed E-state index contributed by atoms with van der Waals surface area (Å²) in [6.07, 6.45) is 6.69. The normalized spacial score (nSPS) is 18.1. The standard InChI is InChI=1S/C17H16FN5O/c18-13-5-2-1-4-12(13)11-23-9-3-6-15(23)17-22-21-16(24-17)14-10-19-7-8-20-14/h1-2,4-5,7-8,10,15H,3,6,9,11H2. The van der Waals surface area contributed by atoms with Gasteiger partial charge in [0.15, 0.2) is 0 Å². The van der Waals surface area contributed by atoms with Crippen LogP contribution in [0.5, 0.6) is 0 Å². The summed E-state index contributed by atoms with van der Waals surface area (Å²) in [5.41, 5.74) is 1.23. The number of hydrogen-bond acceptors (Lipinski definition) is 6. The molecule has 24 heavy (non-hydrogen) atoms. The average molecular weight is 325 g/mol. The first-order valence-corrected chi connectivity index (χ1v) is 7.88. The maximum absolute atomic E-state index is 13.9. The van der Waals surface area contributed by atoms with Crippen molar-refractivity contribution in [3.63, 3.8) is 0 Å².